The summed E-state index contributed by atoms with van der Waals surface area (Å²) in [5.41, 5.74) is -0.809. The smallest absolute Gasteiger partial charge is 0.346 e. The molecule has 2 aliphatic carbocycles. The van der Waals surface area contributed by atoms with E-state index in [2.05, 4.69) is 34.3 Å². The van der Waals surface area contributed by atoms with Gasteiger partial charge < -0.3 is 9.47 Å². The van der Waals surface area contributed by atoms with Crippen LogP contribution in [0.25, 0.3) is 0 Å². The molecule has 1 saturated heterocycles. The summed E-state index contributed by atoms with van der Waals surface area (Å²) in [5, 5.41) is 1.86. The Bertz CT molecular complexity index is 873. The van der Waals surface area contributed by atoms with Gasteiger partial charge in [-0.1, -0.05) is 64.1 Å². The second-order valence-corrected chi connectivity index (χ2v) is 11.2. The fourth-order valence-electron chi connectivity index (χ4n) is 6.48. The van der Waals surface area contributed by atoms with E-state index in [0.29, 0.717) is 24.5 Å². The zero-order valence-electron chi connectivity index (χ0n) is 21.0. The fraction of sp³-hybridized carbons (Fsp3) is 0.667. The maximum absolute atomic E-state index is 13.6. The number of rotatable bonds is 12. The molecule has 1 heterocycles. The first-order valence-corrected chi connectivity index (χ1v) is 13.5. The van der Waals surface area contributed by atoms with E-state index in [1.807, 2.05) is 35.4 Å². The molecule has 3 fully saturated rings. The SMILES string of the molecule is C=CC[C@@]1(c2ccccc2)OC2(CC3CCC2(CSOON(CCC)CCC)C3(C)C)OC1=O. The van der Waals surface area contributed by atoms with Crippen LogP contribution in [0, 0.1) is 16.7 Å². The highest BCUT2D eigenvalue weighted by Crippen LogP contribution is 2.74. The minimum Gasteiger partial charge on any atom is -0.430 e. The zero-order chi connectivity index (χ0) is 24.5. The largest absolute Gasteiger partial charge is 0.430 e. The van der Waals surface area contributed by atoms with Crippen LogP contribution >= 0.6 is 12.0 Å². The molecule has 0 aromatic heterocycles. The van der Waals surface area contributed by atoms with Crippen molar-refractivity contribution in [3.8, 4) is 0 Å². The van der Waals surface area contributed by atoms with Crippen LogP contribution in [0.3, 0.4) is 0 Å². The summed E-state index contributed by atoms with van der Waals surface area (Å²) in [4.78, 5) is 19.2. The predicted octanol–water partition coefficient (Wildman–Crippen LogP) is 6.19. The van der Waals surface area contributed by atoms with Crippen LogP contribution in [-0.4, -0.2) is 35.7 Å². The molecule has 4 atom stereocenters. The Labute approximate surface area is 208 Å². The summed E-state index contributed by atoms with van der Waals surface area (Å²) in [6, 6.07) is 9.69. The standard InChI is InChI=1S/C27H39NO5S/c1-6-15-26(21-12-10-9-11-13-21)23(29)30-27(31-26)19-22-14-16-25(27,24(22,4)5)20-34-33-32-28(17-7-2)18-8-3/h6,9-13,22H,1,7-8,14-20H2,2-5H3/t22?,25?,26-,27?/m0/s1. The number of carbonyl (C=O) groups is 1. The molecule has 34 heavy (non-hydrogen) atoms. The van der Waals surface area contributed by atoms with Crippen LogP contribution in [0.5, 0.6) is 0 Å². The van der Waals surface area contributed by atoms with Crippen LogP contribution in [0.1, 0.15) is 71.8 Å². The molecule has 6 nitrogen and oxygen atoms in total. The Kier molecular flexibility index (Phi) is 7.51. The highest BCUT2D eigenvalue weighted by atomic mass is 32.2. The van der Waals surface area contributed by atoms with Crippen molar-refractivity contribution in [3.05, 3.63) is 48.6 Å². The topological polar surface area (TPSA) is 57.2 Å². The van der Waals surface area contributed by atoms with Crippen LogP contribution < -0.4 is 0 Å². The van der Waals surface area contributed by atoms with E-state index in [1.165, 1.54) is 12.0 Å². The van der Waals surface area contributed by atoms with E-state index in [4.69, 9.17) is 18.8 Å². The highest BCUT2D eigenvalue weighted by Gasteiger charge is 2.78. The summed E-state index contributed by atoms with van der Waals surface area (Å²) in [6.07, 6.45) is 6.82. The molecule has 1 aromatic rings. The lowest BCUT2D eigenvalue weighted by molar-refractivity contribution is -0.360. The van der Waals surface area contributed by atoms with Gasteiger partial charge in [-0.2, -0.15) is 5.06 Å². The first-order chi connectivity index (χ1) is 16.3. The number of esters is 1. The molecule has 188 valence electrons. The number of fused-ring (bicyclic) bond motifs is 3. The lowest BCUT2D eigenvalue weighted by Gasteiger charge is -2.46. The Morgan fingerprint density at radius 1 is 1.21 bits per heavy atom. The fourth-order valence-corrected chi connectivity index (χ4v) is 7.59. The second kappa shape index (κ2) is 9.94. The van der Waals surface area contributed by atoms with E-state index in [-0.39, 0.29) is 16.8 Å². The van der Waals surface area contributed by atoms with E-state index in [1.54, 1.807) is 6.08 Å². The van der Waals surface area contributed by atoms with Gasteiger partial charge in [-0.3, -0.25) is 0 Å². The first kappa shape index (κ1) is 25.7. The Morgan fingerprint density at radius 2 is 1.91 bits per heavy atom. The molecule has 0 amide bonds. The Balaban J connectivity index is 1.59. The van der Waals surface area contributed by atoms with Crippen LogP contribution in [0.15, 0.2) is 43.0 Å². The van der Waals surface area contributed by atoms with Gasteiger partial charge in [0.15, 0.2) is 5.60 Å². The average molecular weight is 490 g/mol. The molecular formula is C27H39NO5S. The number of nitrogens with zero attached hydrogens (tertiary/aromatic N) is 1. The Morgan fingerprint density at radius 3 is 2.53 bits per heavy atom. The van der Waals surface area contributed by atoms with Gasteiger partial charge in [0.25, 0.3) is 0 Å². The van der Waals surface area contributed by atoms with E-state index >= 15 is 0 Å². The van der Waals surface area contributed by atoms with Crippen molar-refractivity contribution in [1.29, 1.82) is 0 Å². The average Bonchev–Trinajstić information content (AvgIpc) is 3.30. The number of hydrogen-bond acceptors (Lipinski definition) is 7. The summed E-state index contributed by atoms with van der Waals surface area (Å²) in [6.45, 7) is 14.4. The summed E-state index contributed by atoms with van der Waals surface area (Å²) < 4.78 is 18.9. The van der Waals surface area contributed by atoms with Gasteiger partial charge in [-0.05, 0) is 42.6 Å². The first-order valence-electron chi connectivity index (χ1n) is 12.6. The molecule has 1 aromatic carbocycles. The highest BCUT2D eigenvalue weighted by molar-refractivity contribution is 7.94. The normalized spacial score (nSPS) is 33.7. The van der Waals surface area contributed by atoms with Gasteiger partial charge in [0.05, 0.1) is 5.41 Å². The third kappa shape index (κ3) is 3.94. The van der Waals surface area contributed by atoms with Gasteiger partial charge in [-0.25, -0.2) is 4.79 Å². The lowest BCUT2D eigenvalue weighted by Crippen LogP contribution is -2.53. The van der Waals surface area contributed by atoms with E-state index in [9.17, 15) is 4.79 Å². The summed E-state index contributed by atoms with van der Waals surface area (Å²) in [5.74, 6) is -0.276. The van der Waals surface area contributed by atoms with Gasteiger partial charge in [0.2, 0.25) is 5.79 Å². The maximum atomic E-state index is 13.6. The van der Waals surface area contributed by atoms with Gasteiger partial charge in [-0.15, -0.1) is 15.9 Å². The maximum Gasteiger partial charge on any atom is 0.346 e. The van der Waals surface area contributed by atoms with Crippen molar-refractivity contribution >= 4 is 18.0 Å². The second-order valence-electron chi connectivity index (χ2n) is 10.5. The third-order valence-electron chi connectivity index (χ3n) is 8.45. The van der Waals surface area contributed by atoms with Crippen molar-refractivity contribution < 1.29 is 23.6 Å². The monoisotopic (exact) mass is 489 g/mol. The molecular weight excluding hydrogens is 450 g/mol. The van der Waals surface area contributed by atoms with Crippen LogP contribution in [-0.2, 0) is 29.2 Å². The molecule has 2 bridgehead atoms. The predicted molar refractivity (Wildman–Crippen MR) is 133 cm³/mol. The molecule has 3 aliphatic rings. The quantitative estimate of drug-likeness (QED) is 0.0867. The van der Waals surface area contributed by atoms with Crippen molar-refractivity contribution in [1.82, 2.24) is 5.06 Å². The molecule has 0 N–H and O–H groups in total. The Hall–Kier alpha value is -1.38. The molecule has 1 aliphatic heterocycles. The minimum atomic E-state index is -1.17. The molecule has 3 unspecified atom stereocenters. The van der Waals surface area contributed by atoms with Crippen LogP contribution in [0.4, 0.5) is 0 Å². The number of ether oxygens (including phenoxy) is 2. The number of benzene rings is 1. The lowest BCUT2D eigenvalue weighted by atomic mass is 9.68. The number of carbonyl (C=O) groups excluding carboxylic acids is 1. The number of hydrogen-bond donors (Lipinski definition) is 0. The molecule has 0 radical (unpaired) electrons. The van der Waals surface area contributed by atoms with Crippen molar-refractivity contribution in [3.63, 3.8) is 0 Å². The summed E-state index contributed by atoms with van der Waals surface area (Å²) in [7, 11) is 0. The van der Waals surface area contributed by atoms with Gasteiger partial charge in [0.1, 0.15) is 0 Å². The molecule has 4 rings (SSSR count). The van der Waals surface area contributed by atoms with E-state index in [0.717, 1.165) is 44.3 Å². The molecule has 2 saturated carbocycles. The third-order valence-corrected chi connectivity index (χ3v) is 9.22. The van der Waals surface area contributed by atoms with Gasteiger partial charge >= 0.3 is 5.97 Å². The van der Waals surface area contributed by atoms with Crippen LogP contribution in [0.2, 0.25) is 0 Å². The minimum absolute atomic E-state index is 0.0723. The molecule has 7 heteroatoms. The van der Waals surface area contributed by atoms with E-state index < -0.39 is 11.4 Å². The van der Waals surface area contributed by atoms with Crippen molar-refractivity contribution in [2.75, 3.05) is 18.8 Å². The summed E-state index contributed by atoms with van der Waals surface area (Å²) >= 11 is 1.30. The zero-order valence-corrected chi connectivity index (χ0v) is 21.8. The van der Waals surface area contributed by atoms with Crippen molar-refractivity contribution in [2.45, 2.75) is 77.6 Å². The van der Waals surface area contributed by atoms with Crippen molar-refractivity contribution in [2.24, 2.45) is 16.7 Å². The molecule has 1 spiro atoms. The van der Waals surface area contributed by atoms with Gasteiger partial charge in [0, 0.05) is 43.7 Å². The number of hydroxylamine groups is 2.